The average Bonchev–Trinajstić information content (AvgIpc) is 3.02. The van der Waals surface area contributed by atoms with Gasteiger partial charge in [0.25, 0.3) is 0 Å². The van der Waals surface area contributed by atoms with Gasteiger partial charge in [-0.25, -0.2) is 0 Å². The summed E-state index contributed by atoms with van der Waals surface area (Å²) >= 11 is 0. The Kier molecular flexibility index (Phi) is 2.36. The van der Waals surface area contributed by atoms with Gasteiger partial charge >= 0.3 is 0 Å². The Labute approximate surface area is 98.8 Å². The van der Waals surface area contributed by atoms with Crippen molar-refractivity contribution >= 4 is 0 Å². The second-order valence-corrected chi connectivity index (χ2v) is 5.94. The fraction of sp³-hybridized carbons (Fsp3) is 0.714. The monoisotopic (exact) mass is 219 g/mol. The molecule has 3 rings (SSSR count). The number of hydrogen-bond acceptors (Lipinski definition) is 1. The van der Waals surface area contributed by atoms with E-state index in [1.807, 2.05) is 0 Å². The number of piperazine rings is 1. The van der Waals surface area contributed by atoms with Gasteiger partial charge in [-0.3, -0.25) is 4.48 Å². The number of likely N-dealkylation sites (N-methyl/N-ethyl adjacent to an activating group) is 1. The molecule has 0 unspecified atom stereocenters. The molecule has 3 aliphatic rings. The Morgan fingerprint density at radius 2 is 1.94 bits per heavy atom. The van der Waals surface area contributed by atoms with E-state index in [9.17, 15) is 0 Å². The Balaban J connectivity index is 1.96. The summed E-state index contributed by atoms with van der Waals surface area (Å²) in [5.74, 6) is 0. The second kappa shape index (κ2) is 3.63. The molecule has 1 heterocycles. The molecule has 0 amide bonds. The Hall–Kier alpha value is -0.760. The fourth-order valence-corrected chi connectivity index (χ4v) is 2.99. The van der Waals surface area contributed by atoms with Crippen LogP contribution in [0.15, 0.2) is 23.5 Å². The lowest BCUT2D eigenvalue weighted by Crippen LogP contribution is -2.52. The molecule has 88 valence electrons. The van der Waals surface area contributed by atoms with E-state index in [1.54, 1.807) is 11.4 Å². The molecule has 0 atom stereocenters. The molecule has 2 nitrogen and oxygen atoms in total. The maximum absolute atomic E-state index is 2.68. The van der Waals surface area contributed by atoms with Crippen LogP contribution in [-0.4, -0.2) is 42.6 Å². The van der Waals surface area contributed by atoms with E-state index in [-0.39, 0.29) is 0 Å². The topological polar surface area (TPSA) is 3.24 Å². The standard InChI is InChI=1S/C14H23N2/c1-16(2)11-10-15(12-8-9-12)13-6-4-3-5-7-14(13)16/h6-7,12H,3-5,8-11H2,1-2H3/q+1. The zero-order valence-corrected chi connectivity index (χ0v) is 10.6. The SMILES string of the molecule is C[N+]1(C)CCN(C2CC2)C2=CCCCC=C21. The van der Waals surface area contributed by atoms with Gasteiger partial charge in [0.15, 0.2) is 5.70 Å². The van der Waals surface area contributed by atoms with Crippen molar-refractivity contribution in [2.45, 2.75) is 38.1 Å². The highest BCUT2D eigenvalue weighted by molar-refractivity contribution is 5.29. The molecule has 1 saturated heterocycles. The van der Waals surface area contributed by atoms with Gasteiger partial charge in [-0.15, -0.1) is 0 Å². The molecule has 0 aromatic heterocycles. The van der Waals surface area contributed by atoms with Crippen LogP contribution >= 0.6 is 0 Å². The number of quaternary nitrogens is 1. The molecule has 2 fully saturated rings. The lowest BCUT2D eigenvalue weighted by atomic mass is 10.1. The Bertz CT molecular complexity index is 348. The minimum absolute atomic E-state index is 0.869. The molecule has 1 saturated carbocycles. The summed E-state index contributed by atoms with van der Waals surface area (Å²) in [5, 5.41) is 0. The lowest BCUT2D eigenvalue weighted by molar-refractivity contribution is -0.854. The van der Waals surface area contributed by atoms with Crippen LogP contribution in [0, 0.1) is 0 Å². The molecule has 0 radical (unpaired) electrons. The third-order valence-corrected chi connectivity index (χ3v) is 4.20. The van der Waals surface area contributed by atoms with Gasteiger partial charge in [0, 0.05) is 6.04 Å². The highest BCUT2D eigenvalue weighted by Crippen LogP contribution is 2.38. The van der Waals surface area contributed by atoms with Crippen molar-refractivity contribution in [1.29, 1.82) is 0 Å². The van der Waals surface area contributed by atoms with Gasteiger partial charge in [0.1, 0.15) is 6.54 Å². The predicted octanol–water partition coefficient (Wildman–Crippen LogP) is 2.49. The largest absolute Gasteiger partial charge is 0.358 e. The predicted molar refractivity (Wildman–Crippen MR) is 66.7 cm³/mol. The van der Waals surface area contributed by atoms with Crippen LogP contribution in [0.3, 0.4) is 0 Å². The van der Waals surface area contributed by atoms with Crippen molar-refractivity contribution in [2.75, 3.05) is 27.2 Å². The van der Waals surface area contributed by atoms with Crippen LogP contribution in [-0.2, 0) is 0 Å². The number of fused-ring (bicyclic) bond motifs is 1. The first-order valence-electron chi connectivity index (χ1n) is 6.69. The third-order valence-electron chi connectivity index (χ3n) is 4.20. The van der Waals surface area contributed by atoms with Crippen molar-refractivity contribution < 1.29 is 4.48 Å². The smallest absolute Gasteiger partial charge is 0.151 e. The number of nitrogens with zero attached hydrogens (tertiary/aromatic N) is 2. The molecular formula is C14H23N2+. The molecule has 0 N–H and O–H groups in total. The average molecular weight is 219 g/mol. The normalized spacial score (nSPS) is 29.0. The van der Waals surface area contributed by atoms with E-state index in [0.717, 1.165) is 10.5 Å². The second-order valence-electron chi connectivity index (χ2n) is 5.94. The maximum Gasteiger partial charge on any atom is 0.151 e. The molecule has 0 spiro atoms. The molecule has 0 bridgehead atoms. The maximum atomic E-state index is 2.68. The van der Waals surface area contributed by atoms with Gasteiger partial charge in [-0.2, -0.15) is 0 Å². The minimum atomic E-state index is 0.869. The first kappa shape index (κ1) is 10.4. The van der Waals surface area contributed by atoms with E-state index in [0.29, 0.717) is 0 Å². The summed E-state index contributed by atoms with van der Waals surface area (Å²) in [5.41, 5.74) is 3.15. The first-order valence-corrected chi connectivity index (χ1v) is 6.69. The van der Waals surface area contributed by atoms with Gasteiger partial charge in [-0.05, 0) is 38.2 Å². The minimum Gasteiger partial charge on any atom is -0.358 e. The number of hydrogen-bond donors (Lipinski definition) is 0. The van der Waals surface area contributed by atoms with E-state index >= 15 is 0 Å². The van der Waals surface area contributed by atoms with Crippen molar-refractivity contribution in [3.63, 3.8) is 0 Å². The van der Waals surface area contributed by atoms with Gasteiger partial charge in [0.2, 0.25) is 0 Å². The molecular weight excluding hydrogens is 196 g/mol. The molecule has 0 aromatic rings. The molecule has 16 heavy (non-hydrogen) atoms. The van der Waals surface area contributed by atoms with Crippen LogP contribution in [0.5, 0.6) is 0 Å². The molecule has 0 aromatic carbocycles. The van der Waals surface area contributed by atoms with E-state index in [1.165, 1.54) is 45.2 Å². The van der Waals surface area contributed by atoms with Gasteiger partial charge < -0.3 is 4.90 Å². The summed E-state index contributed by atoms with van der Waals surface area (Å²) < 4.78 is 1.08. The highest BCUT2D eigenvalue weighted by atomic mass is 15.4. The van der Waals surface area contributed by atoms with Crippen molar-refractivity contribution in [3.8, 4) is 0 Å². The zero-order chi connectivity index (χ0) is 11.2. The summed E-state index contributed by atoms with van der Waals surface area (Å²) in [6.07, 6.45) is 11.7. The number of rotatable bonds is 1. The fourth-order valence-electron chi connectivity index (χ4n) is 2.99. The summed E-state index contributed by atoms with van der Waals surface area (Å²) in [6, 6.07) is 0.869. The summed E-state index contributed by atoms with van der Waals surface area (Å²) in [6.45, 7) is 2.51. The van der Waals surface area contributed by atoms with Crippen LogP contribution in [0.1, 0.15) is 32.1 Å². The molecule has 2 heteroatoms. The quantitative estimate of drug-likeness (QED) is 0.612. The van der Waals surface area contributed by atoms with Crippen molar-refractivity contribution in [3.05, 3.63) is 23.5 Å². The third kappa shape index (κ3) is 1.69. The first-order chi connectivity index (χ1) is 7.68. The van der Waals surface area contributed by atoms with E-state index in [4.69, 9.17) is 0 Å². The van der Waals surface area contributed by atoms with E-state index < -0.39 is 0 Å². The molecule has 1 aliphatic heterocycles. The summed E-state index contributed by atoms with van der Waals surface area (Å²) in [7, 11) is 4.71. The lowest BCUT2D eigenvalue weighted by Gasteiger charge is -2.43. The Morgan fingerprint density at radius 3 is 2.69 bits per heavy atom. The van der Waals surface area contributed by atoms with Gasteiger partial charge in [0.05, 0.1) is 26.3 Å². The van der Waals surface area contributed by atoms with Crippen LogP contribution in [0.2, 0.25) is 0 Å². The summed E-state index contributed by atoms with van der Waals surface area (Å²) in [4.78, 5) is 2.68. The van der Waals surface area contributed by atoms with Crippen LogP contribution in [0.4, 0.5) is 0 Å². The highest BCUT2D eigenvalue weighted by Gasteiger charge is 2.40. The van der Waals surface area contributed by atoms with Crippen molar-refractivity contribution in [1.82, 2.24) is 4.90 Å². The van der Waals surface area contributed by atoms with E-state index in [2.05, 4.69) is 31.1 Å². The van der Waals surface area contributed by atoms with Gasteiger partial charge in [-0.1, -0.05) is 6.08 Å². The number of allylic oxidation sites excluding steroid dienone is 2. The van der Waals surface area contributed by atoms with Crippen molar-refractivity contribution in [2.24, 2.45) is 0 Å². The zero-order valence-electron chi connectivity index (χ0n) is 10.6. The van der Waals surface area contributed by atoms with Crippen LogP contribution < -0.4 is 0 Å². The van der Waals surface area contributed by atoms with Crippen LogP contribution in [0.25, 0.3) is 0 Å². The Morgan fingerprint density at radius 1 is 1.19 bits per heavy atom. The molecule has 2 aliphatic carbocycles.